The molecular weight excluding hydrogens is 378 g/mol. The predicted molar refractivity (Wildman–Crippen MR) is 120 cm³/mol. The first-order valence-electron chi connectivity index (χ1n) is 11.0. The van der Waals surface area contributed by atoms with Gasteiger partial charge < -0.3 is 19.9 Å². The van der Waals surface area contributed by atoms with Gasteiger partial charge in [-0.1, -0.05) is 53.6 Å². The quantitative estimate of drug-likeness (QED) is 0.513. The van der Waals surface area contributed by atoms with Crippen molar-refractivity contribution in [2.45, 2.75) is 71.1 Å². The SMILES string of the molecule is Cc1ccc(CC(COCC(C)OCC(C)O)NC(=O)CCC2=CCCC=C2)cc1. The molecule has 2 rings (SSSR count). The van der Waals surface area contributed by atoms with Gasteiger partial charge in [0.25, 0.3) is 0 Å². The average Bonchev–Trinajstić information content (AvgIpc) is 2.73. The van der Waals surface area contributed by atoms with E-state index in [1.165, 1.54) is 16.7 Å². The van der Waals surface area contributed by atoms with Crippen LogP contribution in [0.25, 0.3) is 0 Å². The largest absolute Gasteiger partial charge is 0.391 e. The lowest BCUT2D eigenvalue weighted by Gasteiger charge is -2.21. The molecule has 30 heavy (non-hydrogen) atoms. The van der Waals surface area contributed by atoms with Crippen LogP contribution in [0.1, 0.15) is 50.7 Å². The zero-order valence-corrected chi connectivity index (χ0v) is 18.6. The number of hydrogen-bond donors (Lipinski definition) is 2. The number of rotatable bonds is 13. The summed E-state index contributed by atoms with van der Waals surface area (Å²) in [6.45, 7) is 6.81. The van der Waals surface area contributed by atoms with Crippen LogP contribution in [0.15, 0.2) is 48.1 Å². The molecule has 5 nitrogen and oxygen atoms in total. The molecule has 0 saturated heterocycles. The first kappa shape index (κ1) is 24.3. The van der Waals surface area contributed by atoms with Gasteiger partial charge in [0.15, 0.2) is 0 Å². The Hall–Kier alpha value is -1.95. The number of nitrogens with one attached hydrogen (secondary N) is 1. The normalized spacial score (nSPS) is 16.6. The maximum Gasteiger partial charge on any atom is 0.220 e. The standard InChI is InChI=1S/C25H37NO4/c1-19-9-11-23(12-10-19)15-24(18-29-17-21(3)30-16-20(2)27)26-25(28)14-13-22-7-5-4-6-8-22/h5,7-12,20-21,24,27H,4,6,13-18H2,1-3H3,(H,26,28). The molecule has 0 aromatic heterocycles. The molecule has 1 aliphatic rings. The van der Waals surface area contributed by atoms with E-state index in [-0.39, 0.29) is 18.1 Å². The van der Waals surface area contributed by atoms with E-state index >= 15 is 0 Å². The smallest absolute Gasteiger partial charge is 0.220 e. The van der Waals surface area contributed by atoms with Gasteiger partial charge in [0.1, 0.15) is 0 Å². The molecule has 1 aromatic carbocycles. The molecule has 166 valence electrons. The molecule has 1 amide bonds. The van der Waals surface area contributed by atoms with Crippen LogP contribution in [0.4, 0.5) is 0 Å². The Labute approximate surface area is 181 Å². The van der Waals surface area contributed by atoms with E-state index in [0.717, 1.165) is 25.7 Å². The Morgan fingerprint density at radius 2 is 1.90 bits per heavy atom. The second-order valence-corrected chi connectivity index (χ2v) is 8.24. The Morgan fingerprint density at radius 1 is 1.13 bits per heavy atom. The van der Waals surface area contributed by atoms with Crippen molar-refractivity contribution in [3.63, 3.8) is 0 Å². The highest BCUT2D eigenvalue weighted by Crippen LogP contribution is 2.15. The summed E-state index contributed by atoms with van der Waals surface area (Å²) in [4.78, 5) is 12.5. The van der Waals surface area contributed by atoms with Crippen LogP contribution in [0.3, 0.4) is 0 Å². The summed E-state index contributed by atoms with van der Waals surface area (Å²) in [5.41, 5.74) is 3.63. The summed E-state index contributed by atoms with van der Waals surface area (Å²) in [5, 5.41) is 12.5. The summed E-state index contributed by atoms with van der Waals surface area (Å²) >= 11 is 0. The van der Waals surface area contributed by atoms with E-state index in [1.54, 1.807) is 6.92 Å². The third-order valence-corrected chi connectivity index (χ3v) is 4.97. The van der Waals surface area contributed by atoms with Crippen molar-refractivity contribution in [3.8, 4) is 0 Å². The first-order chi connectivity index (χ1) is 14.4. The summed E-state index contributed by atoms with van der Waals surface area (Å²) in [5.74, 6) is 0.0500. The number of allylic oxidation sites excluding steroid dienone is 4. The van der Waals surface area contributed by atoms with Gasteiger partial charge in [0.2, 0.25) is 5.91 Å². The monoisotopic (exact) mass is 415 g/mol. The van der Waals surface area contributed by atoms with Crippen LogP contribution in [-0.2, 0) is 20.7 Å². The number of aliphatic hydroxyl groups is 1. The number of carbonyl (C=O) groups is 1. The highest BCUT2D eigenvalue weighted by molar-refractivity contribution is 5.76. The maximum absolute atomic E-state index is 12.5. The lowest BCUT2D eigenvalue weighted by Crippen LogP contribution is -2.40. The number of hydrogen-bond acceptors (Lipinski definition) is 4. The predicted octanol–water partition coefficient (Wildman–Crippen LogP) is 3.88. The highest BCUT2D eigenvalue weighted by atomic mass is 16.5. The van der Waals surface area contributed by atoms with Crippen LogP contribution in [-0.4, -0.2) is 49.1 Å². The van der Waals surface area contributed by atoms with Crippen molar-refractivity contribution in [2.24, 2.45) is 0 Å². The van der Waals surface area contributed by atoms with Crippen molar-refractivity contribution >= 4 is 5.91 Å². The second-order valence-electron chi connectivity index (χ2n) is 8.24. The zero-order chi connectivity index (χ0) is 21.8. The highest BCUT2D eigenvalue weighted by Gasteiger charge is 2.15. The second kappa shape index (κ2) is 13.4. The van der Waals surface area contributed by atoms with E-state index in [2.05, 4.69) is 54.7 Å². The van der Waals surface area contributed by atoms with Crippen molar-refractivity contribution in [2.75, 3.05) is 19.8 Å². The number of benzene rings is 1. The number of carbonyl (C=O) groups excluding carboxylic acids is 1. The Balaban J connectivity index is 1.84. The van der Waals surface area contributed by atoms with Gasteiger partial charge >= 0.3 is 0 Å². The lowest BCUT2D eigenvalue weighted by molar-refractivity contribution is -0.122. The summed E-state index contributed by atoms with van der Waals surface area (Å²) in [7, 11) is 0. The molecular formula is C25H37NO4. The van der Waals surface area contributed by atoms with Crippen LogP contribution in [0.2, 0.25) is 0 Å². The summed E-state index contributed by atoms with van der Waals surface area (Å²) in [6, 6.07) is 8.27. The minimum Gasteiger partial charge on any atom is -0.391 e. The number of amides is 1. The molecule has 3 atom stereocenters. The number of aliphatic hydroxyl groups excluding tert-OH is 1. The van der Waals surface area contributed by atoms with Gasteiger partial charge in [-0.3, -0.25) is 4.79 Å². The Morgan fingerprint density at radius 3 is 2.57 bits per heavy atom. The molecule has 1 aromatic rings. The Bertz CT molecular complexity index is 694. The van der Waals surface area contributed by atoms with Gasteiger partial charge in [-0.2, -0.15) is 0 Å². The van der Waals surface area contributed by atoms with E-state index in [1.807, 2.05) is 6.92 Å². The molecule has 0 radical (unpaired) electrons. The van der Waals surface area contributed by atoms with Crippen LogP contribution in [0, 0.1) is 6.92 Å². The molecule has 0 saturated carbocycles. The lowest BCUT2D eigenvalue weighted by atomic mass is 10.0. The molecule has 0 heterocycles. The van der Waals surface area contributed by atoms with Crippen LogP contribution in [0.5, 0.6) is 0 Å². The van der Waals surface area contributed by atoms with Crippen LogP contribution < -0.4 is 5.32 Å². The zero-order valence-electron chi connectivity index (χ0n) is 18.6. The topological polar surface area (TPSA) is 67.8 Å². The molecule has 2 N–H and O–H groups in total. The first-order valence-corrected chi connectivity index (χ1v) is 11.0. The molecule has 1 aliphatic carbocycles. The number of aryl methyl sites for hydroxylation is 1. The maximum atomic E-state index is 12.5. The summed E-state index contributed by atoms with van der Waals surface area (Å²) in [6.07, 6.45) is 10.0. The molecule has 0 fully saturated rings. The van der Waals surface area contributed by atoms with Crippen molar-refractivity contribution in [3.05, 3.63) is 59.2 Å². The minimum atomic E-state index is -0.491. The van der Waals surface area contributed by atoms with E-state index in [0.29, 0.717) is 26.2 Å². The fourth-order valence-electron chi connectivity index (χ4n) is 3.30. The molecule has 3 unspecified atom stereocenters. The van der Waals surface area contributed by atoms with Crippen molar-refractivity contribution in [1.29, 1.82) is 0 Å². The van der Waals surface area contributed by atoms with Gasteiger partial charge in [-0.15, -0.1) is 0 Å². The minimum absolute atomic E-state index is 0.0500. The Kier molecular flexibility index (Phi) is 10.8. The number of ether oxygens (including phenoxy) is 2. The molecule has 0 bridgehead atoms. The van der Waals surface area contributed by atoms with Gasteiger partial charge in [-0.05, 0) is 52.0 Å². The van der Waals surface area contributed by atoms with E-state index in [9.17, 15) is 9.90 Å². The molecule has 5 heteroatoms. The fourth-order valence-corrected chi connectivity index (χ4v) is 3.30. The van der Waals surface area contributed by atoms with E-state index in [4.69, 9.17) is 9.47 Å². The fraction of sp³-hybridized carbons (Fsp3) is 0.560. The third kappa shape index (κ3) is 10.2. The van der Waals surface area contributed by atoms with Gasteiger partial charge in [-0.25, -0.2) is 0 Å². The average molecular weight is 416 g/mol. The summed E-state index contributed by atoms with van der Waals surface area (Å²) < 4.78 is 11.4. The van der Waals surface area contributed by atoms with E-state index < -0.39 is 6.10 Å². The van der Waals surface area contributed by atoms with Crippen LogP contribution >= 0.6 is 0 Å². The molecule has 0 aliphatic heterocycles. The molecule has 0 spiro atoms. The van der Waals surface area contributed by atoms with Crippen molar-refractivity contribution < 1.29 is 19.4 Å². The third-order valence-electron chi connectivity index (χ3n) is 4.97. The van der Waals surface area contributed by atoms with Gasteiger partial charge in [0.05, 0.1) is 38.1 Å². The van der Waals surface area contributed by atoms with Crippen molar-refractivity contribution in [1.82, 2.24) is 5.32 Å². The van der Waals surface area contributed by atoms with Gasteiger partial charge in [0, 0.05) is 6.42 Å².